The van der Waals surface area contributed by atoms with Crippen molar-refractivity contribution < 1.29 is 17.2 Å². The predicted octanol–water partition coefficient (Wildman–Crippen LogP) is 2.64. The lowest BCUT2D eigenvalue weighted by Crippen LogP contribution is -2.13. The Kier molecular flexibility index (Phi) is 4.64. The van der Waals surface area contributed by atoms with Gasteiger partial charge in [-0.25, -0.2) is 4.39 Å². The van der Waals surface area contributed by atoms with Crippen LogP contribution in [0.15, 0.2) is 39.8 Å². The van der Waals surface area contributed by atoms with Gasteiger partial charge in [0.15, 0.2) is 0 Å². The van der Waals surface area contributed by atoms with Crippen molar-refractivity contribution in [2.45, 2.75) is 25.5 Å². The maximum atomic E-state index is 13.0. The molecule has 0 aliphatic heterocycles. The summed E-state index contributed by atoms with van der Waals surface area (Å²) in [6, 6.07) is 6.84. The third-order valence-electron chi connectivity index (χ3n) is 2.88. The first kappa shape index (κ1) is 15.5. The Morgan fingerprint density at radius 3 is 2.67 bits per heavy atom. The third kappa shape index (κ3) is 3.83. The van der Waals surface area contributed by atoms with Crippen molar-refractivity contribution in [3.05, 3.63) is 47.5 Å². The highest BCUT2D eigenvalue weighted by molar-refractivity contribution is 7.92. The molecule has 0 bridgehead atoms. The Bertz CT molecular complexity index is 726. The lowest BCUT2D eigenvalue weighted by molar-refractivity contribution is 0.405. The van der Waals surface area contributed by atoms with Gasteiger partial charge >= 0.3 is 0 Å². The maximum Gasteiger partial charge on any atom is 0.295 e. The molecule has 0 aliphatic carbocycles. The minimum atomic E-state index is -3.82. The fourth-order valence-electron chi connectivity index (χ4n) is 1.78. The Morgan fingerprint density at radius 1 is 1.24 bits per heavy atom. The monoisotopic (exact) mass is 312 g/mol. The standard InChI is InChI=1S/C14H17FN2O3S/c1-3-16-9-12-5-7-14(20-12)21(18,19)17-13-6-4-11(15)8-10(13)2/h4-8,16-17H,3,9H2,1-2H3. The number of hydrogen-bond donors (Lipinski definition) is 2. The van der Waals surface area contributed by atoms with Gasteiger partial charge in [-0.3, -0.25) is 4.72 Å². The highest BCUT2D eigenvalue weighted by atomic mass is 32.2. The fraction of sp³-hybridized carbons (Fsp3) is 0.286. The van der Waals surface area contributed by atoms with E-state index in [0.29, 0.717) is 23.6 Å². The minimum Gasteiger partial charge on any atom is -0.446 e. The third-order valence-corrected chi connectivity index (χ3v) is 4.12. The van der Waals surface area contributed by atoms with E-state index in [2.05, 4.69) is 10.0 Å². The van der Waals surface area contributed by atoms with Crippen molar-refractivity contribution in [2.24, 2.45) is 0 Å². The van der Waals surface area contributed by atoms with Crippen molar-refractivity contribution in [3.8, 4) is 0 Å². The summed E-state index contributed by atoms with van der Waals surface area (Å²) in [5.41, 5.74) is 0.819. The molecule has 5 nitrogen and oxygen atoms in total. The van der Waals surface area contributed by atoms with Crippen molar-refractivity contribution in [1.82, 2.24) is 5.32 Å². The Labute approximate surface area is 123 Å². The molecule has 2 aromatic rings. The van der Waals surface area contributed by atoms with Crippen LogP contribution in [0.1, 0.15) is 18.2 Å². The summed E-state index contributed by atoms with van der Waals surface area (Å²) in [6.45, 7) is 4.79. The zero-order valence-corrected chi connectivity index (χ0v) is 12.6. The molecule has 1 heterocycles. The molecule has 1 aromatic heterocycles. The van der Waals surface area contributed by atoms with Crippen molar-refractivity contribution >= 4 is 15.7 Å². The number of furan rings is 1. The number of rotatable bonds is 6. The molecule has 2 rings (SSSR count). The van der Waals surface area contributed by atoms with Gasteiger partial charge in [0.25, 0.3) is 10.0 Å². The lowest BCUT2D eigenvalue weighted by atomic mass is 10.2. The van der Waals surface area contributed by atoms with Crippen molar-refractivity contribution in [2.75, 3.05) is 11.3 Å². The zero-order chi connectivity index (χ0) is 15.5. The van der Waals surface area contributed by atoms with Crippen LogP contribution in [-0.2, 0) is 16.6 Å². The van der Waals surface area contributed by atoms with E-state index in [9.17, 15) is 12.8 Å². The Balaban J connectivity index is 2.19. The summed E-state index contributed by atoms with van der Waals surface area (Å²) in [4.78, 5) is 0. The van der Waals surface area contributed by atoms with Gasteiger partial charge in [-0.1, -0.05) is 6.92 Å². The molecule has 0 atom stereocenters. The second-order valence-electron chi connectivity index (χ2n) is 4.57. The molecule has 7 heteroatoms. The van der Waals surface area contributed by atoms with Crippen LogP contribution >= 0.6 is 0 Å². The van der Waals surface area contributed by atoms with Gasteiger partial charge in [0.1, 0.15) is 11.6 Å². The molecule has 0 unspecified atom stereocenters. The van der Waals surface area contributed by atoms with Gasteiger partial charge in [0.05, 0.1) is 12.2 Å². The van der Waals surface area contributed by atoms with Crippen LogP contribution in [0, 0.1) is 12.7 Å². The van der Waals surface area contributed by atoms with E-state index in [1.165, 1.54) is 24.3 Å². The SMILES string of the molecule is CCNCc1ccc(S(=O)(=O)Nc2ccc(F)cc2C)o1. The van der Waals surface area contributed by atoms with Crippen molar-refractivity contribution in [3.63, 3.8) is 0 Å². The smallest absolute Gasteiger partial charge is 0.295 e. The summed E-state index contributed by atoms with van der Waals surface area (Å²) in [7, 11) is -3.82. The molecule has 0 saturated heterocycles. The first-order valence-electron chi connectivity index (χ1n) is 6.51. The first-order valence-corrected chi connectivity index (χ1v) is 7.99. The van der Waals surface area contributed by atoms with Gasteiger partial charge < -0.3 is 9.73 Å². The number of anilines is 1. The molecule has 114 valence electrons. The number of nitrogens with one attached hydrogen (secondary N) is 2. The predicted molar refractivity (Wildman–Crippen MR) is 78.0 cm³/mol. The minimum absolute atomic E-state index is 0.167. The fourth-order valence-corrected chi connectivity index (χ4v) is 2.87. The normalized spacial score (nSPS) is 11.6. The number of sulfonamides is 1. The molecule has 2 N–H and O–H groups in total. The van der Waals surface area contributed by atoms with E-state index in [1.54, 1.807) is 13.0 Å². The average Bonchev–Trinajstić information content (AvgIpc) is 2.89. The maximum absolute atomic E-state index is 13.0. The number of aryl methyl sites for hydroxylation is 1. The van der Waals surface area contributed by atoms with Crippen LogP contribution in [0.2, 0.25) is 0 Å². The molecule has 0 aliphatic rings. The van der Waals surface area contributed by atoms with Gasteiger partial charge in [0.2, 0.25) is 5.09 Å². The van der Waals surface area contributed by atoms with Gasteiger partial charge in [-0.15, -0.1) is 0 Å². The Hall–Kier alpha value is -1.86. The summed E-state index contributed by atoms with van der Waals surface area (Å²) in [6.07, 6.45) is 0. The molecule has 0 spiro atoms. The average molecular weight is 312 g/mol. The molecule has 1 aromatic carbocycles. The molecule has 0 radical (unpaired) electrons. The molecular weight excluding hydrogens is 295 g/mol. The van der Waals surface area contributed by atoms with E-state index in [1.807, 2.05) is 6.92 Å². The van der Waals surface area contributed by atoms with Crippen LogP contribution in [0.5, 0.6) is 0 Å². The van der Waals surface area contributed by atoms with Crippen LogP contribution in [-0.4, -0.2) is 15.0 Å². The number of hydrogen-bond acceptors (Lipinski definition) is 4. The van der Waals surface area contributed by atoms with E-state index in [0.717, 1.165) is 6.54 Å². The molecule has 0 amide bonds. The van der Waals surface area contributed by atoms with E-state index in [-0.39, 0.29) is 5.09 Å². The summed E-state index contributed by atoms with van der Waals surface area (Å²) < 4.78 is 45.1. The quantitative estimate of drug-likeness (QED) is 0.860. The van der Waals surface area contributed by atoms with Crippen LogP contribution < -0.4 is 10.0 Å². The van der Waals surface area contributed by atoms with Crippen molar-refractivity contribution in [1.29, 1.82) is 0 Å². The molecule has 21 heavy (non-hydrogen) atoms. The van der Waals surface area contributed by atoms with Crippen LogP contribution in [0.4, 0.5) is 10.1 Å². The highest BCUT2D eigenvalue weighted by Gasteiger charge is 2.19. The molecule has 0 fully saturated rings. The topological polar surface area (TPSA) is 71.3 Å². The number of halogens is 1. The lowest BCUT2D eigenvalue weighted by Gasteiger charge is -2.08. The van der Waals surface area contributed by atoms with Gasteiger partial charge in [-0.2, -0.15) is 8.42 Å². The van der Waals surface area contributed by atoms with E-state index >= 15 is 0 Å². The van der Waals surface area contributed by atoms with E-state index < -0.39 is 15.8 Å². The van der Waals surface area contributed by atoms with E-state index in [4.69, 9.17) is 4.42 Å². The molecular formula is C14H17FN2O3S. The van der Waals surface area contributed by atoms with Gasteiger partial charge in [0, 0.05) is 0 Å². The first-order chi connectivity index (χ1) is 9.92. The second kappa shape index (κ2) is 6.28. The summed E-state index contributed by atoms with van der Waals surface area (Å²) in [5, 5.41) is 2.88. The summed E-state index contributed by atoms with van der Waals surface area (Å²) >= 11 is 0. The Morgan fingerprint density at radius 2 is 2.00 bits per heavy atom. The van der Waals surface area contributed by atoms with Gasteiger partial charge in [-0.05, 0) is 49.4 Å². The highest BCUT2D eigenvalue weighted by Crippen LogP contribution is 2.21. The summed E-state index contributed by atoms with van der Waals surface area (Å²) in [5.74, 6) is 0.120. The number of benzene rings is 1. The molecule has 0 saturated carbocycles. The zero-order valence-electron chi connectivity index (χ0n) is 11.8. The van der Waals surface area contributed by atoms with Crippen LogP contribution in [0.3, 0.4) is 0 Å². The largest absolute Gasteiger partial charge is 0.446 e. The van der Waals surface area contributed by atoms with Crippen LogP contribution in [0.25, 0.3) is 0 Å². The second-order valence-corrected chi connectivity index (χ2v) is 6.18.